The number of carbonyl (C=O) groups is 1. The third-order valence-corrected chi connectivity index (χ3v) is 2.63. The molecular weight excluding hydrogens is 257 g/mol. The van der Waals surface area contributed by atoms with E-state index in [9.17, 15) is 19.3 Å². The summed E-state index contributed by atoms with van der Waals surface area (Å²) in [6, 6.07) is 3.19. The molecule has 1 aliphatic heterocycles. The van der Waals surface area contributed by atoms with Crippen molar-refractivity contribution in [3.63, 3.8) is 0 Å². The van der Waals surface area contributed by atoms with Crippen LogP contribution in [0, 0.1) is 15.9 Å². The second kappa shape index (κ2) is 5.72. The summed E-state index contributed by atoms with van der Waals surface area (Å²) < 4.78 is 18.6. The van der Waals surface area contributed by atoms with E-state index in [4.69, 9.17) is 4.74 Å². The van der Waals surface area contributed by atoms with Crippen molar-refractivity contribution in [1.29, 1.82) is 0 Å². The lowest BCUT2D eigenvalue weighted by atomic mass is 10.2. The second-order valence-corrected chi connectivity index (χ2v) is 3.98. The average molecular weight is 269 g/mol. The number of amides is 1. The first-order valence-electron chi connectivity index (χ1n) is 5.65. The maximum Gasteiger partial charge on any atom is 0.304 e. The smallest absolute Gasteiger partial charge is 0.304 e. The van der Waals surface area contributed by atoms with E-state index < -0.39 is 28.4 Å². The first-order chi connectivity index (χ1) is 9.08. The van der Waals surface area contributed by atoms with Crippen molar-refractivity contribution >= 4 is 17.3 Å². The fourth-order valence-corrected chi connectivity index (χ4v) is 1.69. The van der Waals surface area contributed by atoms with E-state index in [1.54, 1.807) is 0 Å². The molecule has 0 radical (unpaired) electrons. The number of hydrogen-bond donors (Lipinski definition) is 2. The van der Waals surface area contributed by atoms with Gasteiger partial charge in [-0.15, -0.1) is 0 Å². The Morgan fingerprint density at radius 1 is 1.58 bits per heavy atom. The molecule has 2 rings (SSSR count). The van der Waals surface area contributed by atoms with E-state index in [0.717, 1.165) is 12.1 Å². The number of rotatable bonds is 3. The fraction of sp³-hybridized carbons (Fsp3) is 0.364. The van der Waals surface area contributed by atoms with Crippen molar-refractivity contribution < 1.29 is 18.8 Å². The van der Waals surface area contributed by atoms with Crippen LogP contribution in [-0.4, -0.2) is 36.6 Å². The van der Waals surface area contributed by atoms with Crippen LogP contribution >= 0.6 is 0 Å². The molecule has 0 bridgehead atoms. The van der Waals surface area contributed by atoms with Gasteiger partial charge in [0.05, 0.1) is 11.5 Å². The number of ether oxygens (including phenoxy) is 1. The number of nitrogens with zero attached hydrogens (tertiary/aromatic N) is 1. The predicted molar refractivity (Wildman–Crippen MR) is 64.3 cm³/mol. The quantitative estimate of drug-likeness (QED) is 0.621. The average Bonchev–Trinajstić information content (AvgIpc) is 2.39. The van der Waals surface area contributed by atoms with E-state index in [2.05, 4.69) is 10.6 Å². The molecule has 19 heavy (non-hydrogen) atoms. The number of anilines is 1. The molecule has 1 atom stereocenters. The van der Waals surface area contributed by atoms with E-state index in [0.29, 0.717) is 19.7 Å². The number of carbonyl (C=O) groups excluding carboxylic acids is 1. The molecule has 0 spiro atoms. The molecule has 0 saturated carbocycles. The molecule has 102 valence electrons. The van der Waals surface area contributed by atoms with Gasteiger partial charge >= 0.3 is 5.69 Å². The molecule has 1 aromatic carbocycles. The molecule has 1 saturated heterocycles. The highest BCUT2D eigenvalue weighted by molar-refractivity contribution is 5.94. The molecule has 2 N–H and O–H groups in total. The molecule has 1 unspecified atom stereocenters. The van der Waals surface area contributed by atoms with Gasteiger partial charge in [0, 0.05) is 30.9 Å². The van der Waals surface area contributed by atoms with Gasteiger partial charge < -0.3 is 15.4 Å². The van der Waals surface area contributed by atoms with Crippen LogP contribution in [0.4, 0.5) is 15.8 Å². The summed E-state index contributed by atoms with van der Waals surface area (Å²) in [6.45, 7) is 1.48. The fourth-order valence-electron chi connectivity index (χ4n) is 1.69. The van der Waals surface area contributed by atoms with Gasteiger partial charge in [-0.2, -0.15) is 4.39 Å². The standard InChI is InChI=1S/C11H12FN3O4/c12-8-5-7(1-2-9(8)15(17)18)14-11(16)10-6-13-3-4-19-10/h1-2,5,10,13H,3-4,6H2,(H,14,16). The summed E-state index contributed by atoms with van der Waals surface area (Å²) in [5.74, 6) is -1.41. The molecule has 8 heteroatoms. The molecule has 1 aromatic rings. The van der Waals surface area contributed by atoms with Crippen LogP contribution in [-0.2, 0) is 9.53 Å². The zero-order chi connectivity index (χ0) is 13.8. The highest BCUT2D eigenvalue weighted by Crippen LogP contribution is 2.21. The van der Waals surface area contributed by atoms with Gasteiger partial charge in [0.15, 0.2) is 0 Å². The molecule has 7 nitrogen and oxygen atoms in total. The van der Waals surface area contributed by atoms with Crippen molar-refractivity contribution in [3.05, 3.63) is 34.1 Å². The number of halogens is 1. The summed E-state index contributed by atoms with van der Waals surface area (Å²) in [5.41, 5.74) is -0.476. The lowest BCUT2D eigenvalue weighted by Crippen LogP contribution is -2.45. The number of nitro groups is 1. The minimum Gasteiger partial charge on any atom is -0.366 e. The predicted octanol–water partition coefficient (Wildman–Crippen LogP) is 0.661. The van der Waals surface area contributed by atoms with Gasteiger partial charge in [0.1, 0.15) is 6.10 Å². The molecule has 1 aliphatic rings. The Hall–Kier alpha value is -2.06. The second-order valence-electron chi connectivity index (χ2n) is 3.98. The van der Waals surface area contributed by atoms with Crippen molar-refractivity contribution in [2.45, 2.75) is 6.10 Å². The Morgan fingerprint density at radius 3 is 2.95 bits per heavy atom. The zero-order valence-corrected chi connectivity index (χ0v) is 9.89. The van der Waals surface area contributed by atoms with Crippen LogP contribution in [0.25, 0.3) is 0 Å². The first kappa shape index (κ1) is 13.4. The van der Waals surface area contributed by atoms with E-state index in [-0.39, 0.29) is 5.69 Å². The summed E-state index contributed by atoms with van der Waals surface area (Å²) in [5, 5.41) is 15.9. The highest BCUT2D eigenvalue weighted by atomic mass is 19.1. The van der Waals surface area contributed by atoms with Gasteiger partial charge in [0.2, 0.25) is 5.82 Å². The Labute approximate surface area is 107 Å². The number of morpholine rings is 1. The number of nitro benzene ring substituents is 1. The summed E-state index contributed by atoms with van der Waals surface area (Å²) >= 11 is 0. The summed E-state index contributed by atoms with van der Waals surface area (Å²) in [4.78, 5) is 21.4. The van der Waals surface area contributed by atoms with E-state index in [1.807, 2.05) is 0 Å². The Bertz CT molecular complexity index is 503. The summed E-state index contributed by atoms with van der Waals surface area (Å²) in [7, 11) is 0. The molecule has 1 amide bonds. The van der Waals surface area contributed by atoms with Crippen molar-refractivity contribution in [3.8, 4) is 0 Å². The molecule has 1 heterocycles. The number of hydrogen-bond acceptors (Lipinski definition) is 5. The van der Waals surface area contributed by atoms with Gasteiger partial charge in [0.25, 0.3) is 5.91 Å². The Kier molecular flexibility index (Phi) is 4.03. The largest absolute Gasteiger partial charge is 0.366 e. The SMILES string of the molecule is O=C(Nc1ccc([N+](=O)[O-])c(F)c1)C1CNCCO1. The zero-order valence-electron chi connectivity index (χ0n) is 9.89. The molecule has 0 aromatic heterocycles. The van der Waals surface area contributed by atoms with Crippen LogP contribution in [0.15, 0.2) is 18.2 Å². The van der Waals surface area contributed by atoms with Crippen LogP contribution < -0.4 is 10.6 Å². The van der Waals surface area contributed by atoms with Gasteiger partial charge in [-0.1, -0.05) is 0 Å². The number of benzene rings is 1. The highest BCUT2D eigenvalue weighted by Gasteiger charge is 2.22. The minimum absolute atomic E-state index is 0.155. The van der Waals surface area contributed by atoms with E-state index in [1.165, 1.54) is 6.07 Å². The molecule has 0 aliphatic carbocycles. The van der Waals surface area contributed by atoms with Gasteiger partial charge in [-0.3, -0.25) is 14.9 Å². The van der Waals surface area contributed by atoms with Crippen molar-refractivity contribution in [1.82, 2.24) is 5.32 Å². The van der Waals surface area contributed by atoms with Crippen LogP contribution in [0.1, 0.15) is 0 Å². The lowest BCUT2D eigenvalue weighted by Gasteiger charge is -2.22. The number of nitrogens with one attached hydrogen (secondary N) is 2. The van der Waals surface area contributed by atoms with E-state index >= 15 is 0 Å². The van der Waals surface area contributed by atoms with Crippen LogP contribution in [0.2, 0.25) is 0 Å². The Morgan fingerprint density at radius 2 is 2.37 bits per heavy atom. The maximum atomic E-state index is 13.4. The van der Waals surface area contributed by atoms with Crippen LogP contribution in [0.5, 0.6) is 0 Å². The third kappa shape index (κ3) is 3.24. The topological polar surface area (TPSA) is 93.5 Å². The van der Waals surface area contributed by atoms with Crippen LogP contribution in [0.3, 0.4) is 0 Å². The summed E-state index contributed by atoms with van der Waals surface area (Å²) in [6.07, 6.45) is -0.646. The minimum atomic E-state index is -0.995. The third-order valence-electron chi connectivity index (χ3n) is 2.63. The first-order valence-corrected chi connectivity index (χ1v) is 5.65. The van der Waals surface area contributed by atoms with Gasteiger partial charge in [-0.25, -0.2) is 0 Å². The monoisotopic (exact) mass is 269 g/mol. The molecule has 1 fully saturated rings. The van der Waals surface area contributed by atoms with Crippen molar-refractivity contribution in [2.24, 2.45) is 0 Å². The normalized spacial score (nSPS) is 18.9. The molecular formula is C11H12FN3O4. The lowest BCUT2D eigenvalue weighted by molar-refractivity contribution is -0.387. The Balaban J connectivity index is 2.04. The van der Waals surface area contributed by atoms with Gasteiger partial charge in [-0.05, 0) is 6.07 Å². The maximum absolute atomic E-state index is 13.4. The van der Waals surface area contributed by atoms with Crippen molar-refractivity contribution in [2.75, 3.05) is 25.0 Å².